The Labute approximate surface area is 204 Å². The molecule has 2 fully saturated rings. The summed E-state index contributed by atoms with van der Waals surface area (Å²) >= 11 is 6.03. The lowest BCUT2D eigenvalue weighted by atomic mass is 10.1. The van der Waals surface area contributed by atoms with E-state index in [9.17, 15) is 13.2 Å². The lowest BCUT2D eigenvalue weighted by molar-refractivity contribution is 0.0698. The standard InChI is InChI=1S/C25H26ClN3O4S/c26-21-5-1-20-16-24(8-4-19(20)15-21)34(31,32)29-13-11-28(12-14-29)25(30)18-2-6-22(7-3-18)33-23-9-10-27-17-23/h1-8,15-16,23,27H,9-14,17H2/t23-/m1/s1. The first-order chi connectivity index (χ1) is 16.4. The molecular weight excluding hydrogens is 474 g/mol. The maximum Gasteiger partial charge on any atom is 0.253 e. The van der Waals surface area contributed by atoms with E-state index in [-0.39, 0.29) is 30.0 Å². The largest absolute Gasteiger partial charge is 0.489 e. The van der Waals surface area contributed by atoms with Crippen LogP contribution in [0.4, 0.5) is 0 Å². The topological polar surface area (TPSA) is 79.0 Å². The van der Waals surface area contributed by atoms with Crippen LogP contribution in [-0.4, -0.2) is 68.9 Å². The number of carbonyl (C=O) groups is 1. The third kappa shape index (κ3) is 4.77. The van der Waals surface area contributed by atoms with Crippen LogP contribution in [0.25, 0.3) is 10.8 Å². The lowest BCUT2D eigenvalue weighted by Gasteiger charge is -2.34. The van der Waals surface area contributed by atoms with Crippen LogP contribution in [0.5, 0.6) is 5.75 Å². The molecule has 0 saturated carbocycles. The van der Waals surface area contributed by atoms with Gasteiger partial charge in [-0.2, -0.15) is 4.31 Å². The number of ether oxygens (including phenoxy) is 1. The molecule has 5 rings (SSSR count). The summed E-state index contributed by atoms with van der Waals surface area (Å²) < 4.78 is 33.8. The molecule has 178 valence electrons. The zero-order valence-electron chi connectivity index (χ0n) is 18.6. The van der Waals surface area contributed by atoms with Gasteiger partial charge in [-0.1, -0.05) is 23.7 Å². The van der Waals surface area contributed by atoms with Gasteiger partial charge in [0.15, 0.2) is 0 Å². The molecule has 2 heterocycles. The van der Waals surface area contributed by atoms with Crippen molar-refractivity contribution >= 4 is 38.3 Å². The first-order valence-corrected chi connectivity index (χ1v) is 13.2. The number of halogens is 1. The SMILES string of the molecule is O=C(c1ccc(O[C@@H]2CCNC2)cc1)N1CCN(S(=O)(=O)c2ccc3cc(Cl)ccc3c2)CC1. The second-order valence-electron chi connectivity index (χ2n) is 8.61. The molecule has 2 aliphatic rings. The molecule has 2 aliphatic heterocycles. The second-order valence-corrected chi connectivity index (χ2v) is 11.0. The van der Waals surface area contributed by atoms with Gasteiger partial charge < -0.3 is 15.0 Å². The maximum absolute atomic E-state index is 13.2. The molecule has 0 bridgehead atoms. The summed E-state index contributed by atoms with van der Waals surface area (Å²) in [4.78, 5) is 14.9. The summed E-state index contributed by atoms with van der Waals surface area (Å²) in [5.41, 5.74) is 0.571. The Bertz CT molecular complexity index is 1300. The van der Waals surface area contributed by atoms with Crippen molar-refractivity contribution in [2.75, 3.05) is 39.3 Å². The van der Waals surface area contributed by atoms with Crippen molar-refractivity contribution in [3.05, 3.63) is 71.2 Å². The molecule has 34 heavy (non-hydrogen) atoms. The van der Waals surface area contributed by atoms with Crippen LogP contribution in [0.15, 0.2) is 65.6 Å². The van der Waals surface area contributed by atoms with Gasteiger partial charge in [-0.3, -0.25) is 4.79 Å². The predicted octanol–water partition coefficient (Wildman–Crippen LogP) is 3.38. The first kappa shape index (κ1) is 23.1. The van der Waals surface area contributed by atoms with Crippen molar-refractivity contribution < 1.29 is 17.9 Å². The third-order valence-corrected chi connectivity index (χ3v) is 8.49. The Morgan fingerprint density at radius 1 is 0.941 bits per heavy atom. The summed E-state index contributed by atoms with van der Waals surface area (Å²) in [6.45, 7) is 2.98. The maximum atomic E-state index is 13.2. The van der Waals surface area contributed by atoms with Crippen molar-refractivity contribution in [3.8, 4) is 5.75 Å². The highest BCUT2D eigenvalue weighted by molar-refractivity contribution is 7.89. The normalized spacial score (nSPS) is 19.4. The molecular formula is C25H26ClN3O4S. The monoisotopic (exact) mass is 499 g/mol. The summed E-state index contributed by atoms with van der Waals surface area (Å²) in [6, 6.07) is 17.6. The molecule has 9 heteroatoms. The number of rotatable bonds is 5. The Balaban J connectivity index is 1.22. The van der Waals surface area contributed by atoms with Gasteiger partial charge in [-0.05, 0) is 72.3 Å². The van der Waals surface area contributed by atoms with E-state index in [0.717, 1.165) is 36.0 Å². The van der Waals surface area contributed by atoms with Crippen LogP contribution < -0.4 is 10.1 Å². The molecule has 0 aromatic heterocycles. The molecule has 1 amide bonds. The molecule has 1 N–H and O–H groups in total. The highest BCUT2D eigenvalue weighted by Gasteiger charge is 2.30. The van der Waals surface area contributed by atoms with Crippen molar-refractivity contribution in [3.63, 3.8) is 0 Å². The Kier molecular flexibility index (Phi) is 6.48. The van der Waals surface area contributed by atoms with Gasteiger partial charge in [0.05, 0.1) is 4.90 Å². The van der Waals surface area contributed by atoms with Crippen LogP contribution in [0, 0.1) is 0 Å². The zero-order valence-corrected chi connectivity index (χ0v) is 20.2. The molecule has 2 saturated heterocycles. The van der Waals surface area contributed by atoms with Gasteiger partial charge in [-0.25, -0.2) is 8.42 Å². The third-order valence-electron chi connectivity index (χ3n) is 6.36. The number of hydrogen-bond acceptors (Lipinski definition) is 5. The Morgan fingerprint density at radius 2 is 1.65 bits per heavy atom. The number of amides is 1. The minimum atomic E-state index is -3.65. The van der Waals surface area contributed by atoms with E-state index < -0.39 is 10.0 Å². The van der Waals surface area contributed by atoms with Crippen molar-refractivity contribution in [2.45, 2.75) is 17.4 Å². The van der Waals surface area contributed by atoms with E-state index in [4.69, 9.17) is 16.3 Å². The highest BCUT2D eigenvalue weighted by Crippen LogP contribution is 2.25. The number of benzene rings is 3. The van der Waals surface area contributed by atoms with E-state index in [1.807, 2.05) is 24.3 Å². The van der Waals surface area contributed by atoms with Gasteiger partial charge in [0, 0.05) is 43.3 Å². The Hall–Kier alpha value is -2.65. The number of nitrogens with one attached hydrogen (secondary N) is 1. The second kappa shape index (κ2) is 9.54. The summed E-state index contributed by atoms with van der Waals surface area (Å²) in [6.07, 6.45) is 1.14. The summed E-state index contributed by atoms with van der Waals surface area (Å²) in [5.74, 6) is 0.646. The quantitative estimate of drug-likeness (QED) is 0.582. The summed E-state index contributed by atoms with van der Waals surface area (Å²) in [5, 5.41) is 5.57. The lowest BCUT2D eigenvalue weighted by Crippen LogP contribution is -2.50. The minimum absolute atomic E-state index is 0.103. The molecule has 0 spiro atoms. The van der Waals surface area contributed by atoms with Crippen molar-refractivity contribution in [1.29, 1.82) is 0 Å². The molecule has 0 unspecified atom stereocenters. The predicted molar refractivity (Wildman–Crippen MR) is 132 cm³/mol. The molecule has 3 aromatic rings. The van der Waals surface area contributed by atoms with Crippen LogP contribution in [-0.2, 0) is 10.0 Å². The first-order valence-electron chi connectivity index (χ1n) is 11.4. The minimum Gasteiger partial charge on any atom is -0.489 e. The fourth-order valence-corrected chi connectivity index (χ4v) is 6.05. The van der Waals surface area contributed by atoms with E-state index in [1.54, 1.807) is 41.3 Å². The van der Waals surface area contributed by atoms with Crippen molar-refractivity contribution in [1.82, 2.24) is 14.5 Å². The van der Waals surface area contributed by atoms with Crippen LogP contribution >= 0.6 is 11.6 Å². The Morgan fingerprint density at radius 3 is 2.35 bits per heavy atom. The van der Waals surface area contributed by atoms with Gasteiger partial charge in [0.1, 0.15) is 11.9 Å². The average Bonchev–Trinajstić information content (AvgIpc) is 3.37. The van der Waals surface area contributed by atoms with Crippen LogP contribution in [0.1, 0.15) is 16.8 Å². The highest BCUT2D eigenvalue weighted by atomic mass is 35.5. The summed E-state index contributed by atoms with van der Waals surface area (Å²) in [7, 11) is -3.65. The van der Waals surface area contributed by atoms with Crippen LogP contribution in [0.2, 0.25) is 5.02 Å². The molecule has 7 nitrogen and oxygen atoms in total. The van der Waals surface area contributed by atoms with E-state index in [2.05, 4.69) is 5.32 Å². The fourth-order valence-electron chi connectivity index (χ4n) is 4.42. The fraction of sp³-hybridized carbons (Fsp3) is 0.320. The van der Waals surface area contributed by atoms with E-state index in [0.29, 0.717) is 23.7 Å². The van der Waals surface area contributed by atoms with Crippen molar-refractivity contribution in [2.24, 2.45) is 0 Å². The molecule has 0 radical (unpaired) electrons. The molecule has 1 atom stereocenters. The number of carbonyl (C=O) groups excluding carboxylic acids is 1. The number of hydrogen-bond donors (Lipinski definition) is 1. The molecule has 0 aliphatic carbocycles. The zero-order chi connectivity index (χ0) is 23.7. The molecule has 3 aromatic carbocycles. The van der Waals surface area contributed by atoms with E-state index in [1.165, 1.54) is 4.31 Å². The number of fused-ring (bicyclic) bond motifs is 1. The number of nitrogens with zero attached hydrogens (tertiary/aromatic N) is 2. The van der Waals surface area contributed by atoms with Gasteiger partial charge in [-0.15, -0.1) is 0 Å². The number of sulfonamides is 1. The van der Waals surface area contributed by atoms with Gasteiger partial charge in [0.2, 0.25) is 10.0 Å². The van der Waals surface area contributed by atoms with Gasteiger partial charge in [0.25, 0.3) is 5.91 Å². The van der Waals surface area contributed by atoms with E-state index >= 15 is 0 Å². The van der Waals surface area contributed by atoms with Gasteiger partial charge >= 0.3 is 0 Å². The van der Waals surface area contributed by atoms with Crippen LogP contribution in [0.3, 0.4) is 0 Å². The average molecular weight is 500 g/mol. The smallest absolute Gasteiger partial charge is 0.253 e. The number of piperazine rings is 1.